The number of nitrogens with zero attached hydrogens (tertiary/aromatic N) is 1. The summed E-state index contributed by atoms with van der Waals surface area (Å²) >= 11 is 0. The predicted molar refractivity (Wildman–Crippen MR) is 54.2 cm³/mol. The maximum absolute atomic E-state index is 11.8. The van der Waals surface area contributed by atoms with E-state index >= 15 is 0 Å². The van der Waals surface area contributed by atoms with Crippen molar-refractivity contribution in [1.82, 2.24) is 4.90 Å². The van der Waals surface area contributed by atoms with Gasteiger partial charge in [-0.2, -0.15) is 0 Å². The molecule has 0 aromatic heterocycles. The predicted octanol–water partition coefficient (Wildman–Crippen LogP) is 1.08. The van der Waals surface area contributed by atoms with E-state index in [2.05, 4.69) is 4.90 Å². The molecule has 0 amide bonds. The van der Waals surface area contributed by atoms with Gasteiger partial charge in [0.15, 0.2) is 5.78 Å². The minimum absolute atomic E-state index is 0.144. The molecular weight excluding hydrogens is 178 g/mol. The number of Topliss-reactive ketones (excluding diaryl/α,β-unsaturated/α-hetero) is 1. The molecule has 2 rings (SSSR count). The van der Waals surface area contributed by atoms with Crippen LogP contribution in [-0.4, -0.2) is 43.5 Å². The average Bonchev–Trinajstić information content (AvgIpc) is 2.11. The van der Waals surface area contributed by atoms with Crippen molar-refractivity contribution in [2.24, 2.45) is 5.92 Å². The summed E-state index contributed by atoms with van der Waals surface area (Å²) < 4.78 is 5.49. The van der Waals surface area contributed by atoms with E-state index in [1.54, 1.807) is 0 Å². The highest BCUT2D eigenvalue weighted by Gasteiger charge is 2.28. The molecule has 3 nitrogen and oxygen atoms in total. The first-order valence-electron chi connectivity index (χ1n) is 5.58. The minimum atomic E-state index is -0.144. The number of carbonyl (C=O) groups is 1. The topological polar surface area (TPSA) is 29.5 Å². The fourth-order valence-corrected chi connectivity index (χ4v) is 2.09. The van der Waals surface area contributed by atoms with Crippen molar-refractivity contribution in [3.63, 3.8) is 0 Å². The first kappa shape index (κ1) is 10.1. The van der Waals surface area contributed by atoms with Crippen LogP contribution in [0.15, 0.2) is 0 Å². The van der Waals surface area contributed by atoms with Crippen molar-refractivity contribution < 1.29 is 9.53 Å². The lowest BCUT2D eigenvalue weighted by atomic mass is 9.81. The summed E-state index contributed by atoms with van der Waals surface area (Å²) in [7, 11) is 2.05. The second kappa shape index (κ2) is 4.41. The molecular formula is C11H19NO2. The molecule has 80 valence electrons. The van der Waals surface area contributed by atoms with Gasteiger partial charge in [-0.05, 0) is 13.0 Å². The fraction of sp³-hybridized carbons (Fsp3) is 0.909. The molecule has 1 unspecified atom stereocenters. The molecule has 0 spiro atoms. The summed E-state index contributed by atoms with van der Waals surface area (Å²) in [6.07, 6.45) is 4.40. The van der Waals surface area contributed by atoms with Crippen molar-refractivity contribution in [3.8, 4) is 0 Å². The Morgan fingerprint density at radius 1 is 1.50 bits per heavy atom. The summed E-state index contributed by atoms with van der Waals surface area (Å²) in [5.41, 5.74) is 0. The van der Waals surface area contributed by atoms with Gasteiger partial charge in [0.2, 0.25) is 0 Å². The summed E-state index contributed by atoms with van der Waals surface area (Å²) in [5, 5.41) is 0. The summed E-state index contributed by atoms with van der Waals surface area (Å²) in [4.78, 5) is 14.0. The van der Waals surface area contributed by atoms with Crippen LogP contribution in [0.5, 0.6) is 0 Å². The normalized spacial score (nSPS) is 29.9. The van der Waals surface area contributed by atoms with Crippen molar-refractivity contribution in [1.29, 1.82) is 0 Å². The molecule has 0 radical (unpaired) electrons. The molecule has 2 fully saturated rings. The molecule has 1 saturated heterocycles. The van der Waals surface area contributed by atoms with Crippen molar-refractivity contribution in [2.45, 2.75) is 31.8 Å². The van der Waals surface area contributed by atoms with Gasteiger partial charge in [-0.25, -0.2) is 0 Å². The molecule has 1 saturated carbocycles. The van der Waals surface area contributed by atoms with Crippen molar-refractivity contribution >= 4 is 5.78 Å². The van der Waals surface area contributed by atoms with Crippen LogP contribution >= 0.6 is 0 Å². The van der Waals surface area contributed by atoms with Crippen LogP contribution < -0.4 is 0 Å². The second-order valence-corrected chi connectivity index (χ2v) is 4.59. The molecule has 1 atom stereocenters. The Kier molecular flexibility index (Phi) is 3.19. The van der Waals surface area contributed by atoms with Crippen LogP contribution in [0.3, 0.4) is 0 Å². The Hall–Kier alpha value is -0.410. The lowest BCUT2D eigenvalue weighted by molar-refractivity contribution is -0.137. The number of ketones is 1. The summed E-state index contributed by atoms with van der Waals surface area (Å²) in [6.45, 7) is 2.44. The van der Waals surface area contributed by atoms with Crippen molar-refractivity contribution in [3.05, 3.63) is 0 Å². The third-order valence-corrected chi connectivity index (χ3v) is 3.34. The Morgan fingerprint density at radius 2 is 2.29 bits per heavy atom. The number of hydrogen-bond acceptors (Lipinski definition) is 3. The number of hydrogen-bond donors (Lipinski definition) is 0. The zero-order chi connectivity index (χ0) is 9.97. The van der Waals surface area contributed by atoms with Gasteiger partial charge in [-0.3, -0.25) is 4.79 Å². The highest BCUT2D eigenvalue weighted by molar-refractivity contribution is 5.83. The maximum atomic E-state index is 11.8. The largest absolute Gasteiger partial charge is 0.368 e. The van der Waals surface area contributed by atoms with Gasteiger partial charge in [0.05, 0.1) is 6.61 Å². The zero-order valence-corrected chi connectivity index (χ0v) is 8.87. The van der Waals surface area contributed by atoms with Gasteiger partial charge in [-0.15, -0.1) is 0 Å². The van der Waals surface area contributed by atoms with Gasteiger partial charge >= 0.3 is 0 Å². The Morgan fingerprint density at radius 3 is 2.86 bits per heavy atom. The molecule has 0 N–H and O–H groups in total. The molecule has 14 heavy (non-hydrogen) atoms. The first-order valence-corrected chi connectivity index (χ1v) is 5.58. The molecule has 1 aliphatic heterocycles. The van der Waals surface area contributed by atoms with Gasteiger partial charge < -0.3 is 9.64 Å². The summed E-state index contributed by atoms with van der Waals surface area (Å²) in [5.74, 6) is 0.986. The highest BCUT2D eigenvalue weighted by atomic mass is 16.5. The van der Waals surface area contributed by atoms with E-state index in [0.717, 1.165) is 19.5 Å². The van der Waals surface area contributed by atoms with E-state index in [0.29, 0.717) is 18.3 Å². The Balaban J connectivity index is 1.77. The number of rotatable bonds is 3. The molecule has 3 heteroatoms. The van der Waals surface area contributed by atoms with E-state index in [1.807, 2.05) is 7.05 Å². The van der Waals surface area contributed by atoms with Crippen molar-refractivity contribution in [2.75, 3.05) is 26.7 Å². The number of carbonyl (C=O) groups excluding carboxylic acids is 1. The minimum Gasteiger partial charge on any atom is -0.368 e. The third kappa shape index (κ3) is 2.34. The van der Waals surface area contributed by atoms with E-state index < -0.39 is 0 Å². The monoisotopic (exact) mass is 197 g/mol. The lowest BCUT2D eigenvalue weighted by Crippen LogP contribution is -2.44. The van der Waals surface area contributed by atoms with E-state index in [4.69, 9.17) is 4.74 Å². The number of morpholine rings is 1. The maximum Gasteiger partial charge on any atom is 0.163 e. The Bertz CT molecular complexity index is 213. The average molecular weight is 197 g/mol. The van der Waals surface area contributed by atoms with Gasteiger partial charge in [-0.1, -0.05) is 19.3 Å². The van der Waals surface area contributed by atoms with Gasteiger partial charge in [0.25, 0.3) is 0 Å². The van der Waals surface area contributed by atoms with Gasteiger partial charge in [0, 0.05) is 19.5 Å². The lowest BCUT2D eigenvalue weighted by Gasteiger charge is -2.31. The SMILES string of the molecule is CN1CCOC(C(=O)CC2CCC2)C1. The van der Waals surface area contributed by atoms with Crippen LogP contribution in [0.1, 0.15) is 25.7 Å². The number of likely N-dealkylation sites (N-methyl/N-ethyl adjacent to an activating group) is 1. The van der Waals surface area contributed by atoms with E-state index in [9.17, 15) is 4.79 Å². The standard InChI is InChI=1S/C11H19NO2/c1-12-5-6-14-11(8-12)10(13)7-9-3-2-4-9/h9,11H,2-8H2,1H3. The van der Waals surface area contributed by atoms with E-state index in [1.165, 1.54) is 19.3 Å². The zero-order valence-electron chi connectivity index (χ0n) is 8.87. The molecule has 1 aliphatic carbocycles. The third-order valence-electron chi connectivity index (χ3n) is 3.34. The summed E-state index contributed by atoms with van der Waals surface area (Å²) in [6, 6.07) is 0. The van der Waals surface area contributed by atoms with E-state index in [-0.39, 0.29) is 6.10 Å². The van der Waals surface area contributed by atoms with Gasteiger partial charge in [0.1, 0.15) is 6.10 Å². The van der Waals surface area contributed by atoms with Crippen LogP contribution in [0.4, 0.5) is 0 Å². The smallest absolute Gasteiger partial charge is 0.163 e. The molecule has 0 aromatic rings. The van der Waals surface area contributed by atoms with Crippen LogP contribution in [-0.2, 0) is 9.53 Å². The molecule has 2 aliphatic rings. The molecule has 0 bridgehead atoms. The number of ether oxygens (including phenoxy) is 1. The fourth-order valence-electron chi connectivity index (χ4n) is 2.09. The molecule has 0 aromatic carbocycles. The quantitative estimate of drug-likeness (QED) is 0.678. The van der Waals surface area contributed by atoms with Crippen LogP contribution in [0, 0.1) is 5.92 Å². The Labute approximate surface area is 85.4 Å². The van der Waals surface area contributed by atoms with Crippen LogP contribution in [0.2, 0.25) is 0 Å². The van der Waals surface area contributed by atoms with Crippen LogP contribution in [0.25, 0.3) is 0 Å². The first-order chi connectivity index (χ1) is 6.75. The molecule has 1 heterocycles. The second-order valence-electron chi connectivity index (χ2n) is 4.59. The highest BCUT2D eigenvalue weighted by Crippen LogP contribution is 2.30.